The molecular weight excluding hydrogens is 298 g/mol. The van der Waals surface area contributed by atoms with Gasteiger partial charge in [-0.1, -0.05) is 60.2 Å². The second-order valence-electron chi connectivity index (χ2n) is 6.74. The first-order valence-electron chi connectivity index (χ1n) is 8.83. The Bertz CT molecular complexity index is 623. The topological polar surface area (TPSA) is 32.7 Å². The van der Waals surface area contributed by atoms with Crippen molar-refractivity contribution in [3.8, 4) is 0 Å². The first-order valence-corrected chi connectivity index (χ1v) is 8.83. The average molecular weight is 325 g/mol. The summed E-state index contributed by atoms with van der Waals surface area (Å²) in [6.45, 7) is 5.32. The van der Waals surface area contributed by atoms with Gasteiger partial charge in [-0.25, -0.2) is 0 Å². The minimum atomic E-state index is -0.475. The minimum Gasteiger partial charge on any atom is -0.387 e. The van der Waals surface area contributed by atoms with Crippen LogP contribution in [0.1, 0.15) is 35.6 Å². The molecule has 0 amide bonds. The van der Waals surface area contributed by atoms with Crippen LogP contribution in [0.4, 0.5) is 0 Å². The number of nitrogens with zero attached hydrogens (tertiary/aromatic N) is 1. The fourth-order valence-electron chi connectivity index (χ4n) is 3.37. The molecule has 0 bridgehead atoms. The van der Waals surface area contributed by atoms with Crippen LogP contribution in [-0.2, 0) is 11.3 Å². The summed E-state index contributed by atoms with van der Waals surface area (Å²) in [4.78, 5) is 2.32. The zero-order valence-electron chi connectivity index (χ0n) is 14.4. The van der Waals surface area contributed by atoms with E-state index >= 15 is 0 Å². The molecule has 0 radical (unpaired) electrons. The van der Waals surface area contributed by atoms with Gasteiger partial charge in [0.05, 0.1) is 12.2 Å². The lowest BCUT2D eigenvalue weighted by molar-refractivity contribution is 0.0460. The highest BCUT2D eigenvalue weighted by Crippen LogP contribution is 2.19. The Kier molecular flexibility index (Phi) is 6.02. The Morgan fingerprint density at radius 2 is 2.00 bits per heavy atom. The molecule has 0 saturated carbocycles. The molecule has 2 atom stereocenters. The zero-order valence-corrected chi connectivity index (χ0v) is 14.4. The maximum absolute atomic E-state index is 10.6. The molecule has 0 aromatic heterocycles. The van der Waals surface area contributed by atoms with Crippen molar-refractivity contribution in [2.24, 2.45) is 0 Å². The molecule has 2 aromatic rings. The van der Waals surface area contributed by atoms with Crippen molar-refractivity contribution in [2.75, 3.05) is 19.7 Å². The van der Waals surface area contributed by atoms with Crippen LogP contribution in [0.3, 0.4) is 0 Å². The van der Waals surface area contributed by atoms with Crippen LogP contribution >= 0.6 is 0 Å². The van der Waals surface area contributed by atoms with Crippen molar-refractivity contribution in [2.45, 2.75) is 38.5 Å². The molecule has 3 nitrogen and oxygen atoms in total. The van der Waals surface area contributed by atoms with Gasteiger partial charge < -0.3 is 9.84 Å². The SMILES string of the molecule is Cc1cccc(CN(CC2CCCO2)CC(O)c2ccccc2)c1. The van der Waals surface area contributed by atoms with E-state index in [9.17, 15) is 5.11 Å². The first-order chi connectivity index (χ1) is 11.7. The second-order valence-corrected chi connectivity index (χ2v) is 6.74. The third-order valence-electron chi connectivity index (χ3n) is 4.59. The van der Waals surface area contributed by atoms with E-state index in [1.165, 1.54) is 11.1 Å². The smallest absolute Gasteiger partial charge is 0.0917 e. The lowest BCUT2D eigenvalue weighted by atomic mass is 10.1. The van der Waals surface area contributed by atoms with Gasteiger partial charge in [-0.2, -0.15) is 0 Å². The molecule has 128 valence electrons. The highest BCUT2D eigenvalue weighted by molar-refractivity contribution is 5.22. The number of ether oxygens (including phenoxy) is 1. The van der Waals surface area contributed by atoms with Crippen molar-refractivity contribution in [3.05, 3.63) is 71.3 Å². The number of aliphatic hydroxyl groups is 1. The zero-order chi connectivity index (χ0) is 16.8. The summed E-state index contributed by atoms with van der Waals surface area (Å²) in [6.07, 6.45) is 2.07. The maximum Gasteiger partial charge on any atom is 0.0917 e. The molecule has 0 spiro atoms. The molecule has 3 heteroatoms. The van der Waals surface area contributed by atoms with Crippen LogP contribution in [0, 0.1) is 6.92 Å². The number of hydrogen-bond donors (Lipinski definition) is 1. The van der Waals surface area contributed by atoms with Crippen LogP contribution in [0.2, 0.25) is 0 Å². The Hall–Kier alpha value is -1.68. The molecule has 1 saturated heterocycles. The number of hydrogen-bond acceptors (Lipinski definition) is 3. The molecule has 1 N–H and O–H groups in total. The van der Waals surface area contributed by atoms with E-state index in [0.717, 1.165) is 38.1 Å². The largest absolute Gasteiger partial charge is 0.387 e. The Morgan fingerprint density at radius 1 is 1.17 bits per heavy atom. The summed E-state index contributed by atoms with van der Waals surface area (Å²) >= 11 is 0. The van der Waals surface area contributed by atoms with Crippen LogP contribution in [0.25, 0.3) is 0 Å². The van der Waals surface area contributed by atoms with Crippen molar-refractivity contribution in [1.82, 2.24) is 4.90 Å². The predicted octanol–water partition coefficient (Wildman–Crippen LogP) is 3.71. The van der Waals surface area contributed by atoms with Gasteiger partial charge in [-0.05, 0) is 30.9 Å². The van der Waals surface area contributed by atoms with E-state index in [1.54, 1.807) is 0 Å². The highest BCUT2D eigenvalue weighted by Gasteiger charge is 2.21. The van der Waals surface area contributed by atoms with Gasteiger partial charge in [-0.15, -0.1) is 0 Å². The van der Waals surface area contributed by atoms with Gasteiger partial charge in [0.15, 0.2) is 0 Å². The molecule has 2 unspecified atom stereocenters. The van der Waals surface area contributed by atoms with Crippen LogP contribution in [-0.4, -0.2) is 35.8 Å². The van der Waals surface area contributed by atoms with E-state index in [1.807, 2.05) is 30.3 Å². The van der Waals surface area contributed by atoms with Gasteiger partial charge in [0, 0.05) is 26.2 Å². The maximum atomic E-state index is 10.6. The summed E-state index contributed by atoms with van der Waals surface area (Å²) in [5, 5.41) is 10.6. The van der Waals surface area contributed by atoms with Crippen LogP contribution < -0.4 is 0 Å². The average Bonchev–Trinajstić information content (AvgIpc) is 3.08. The highest BCUT2D eigenvalue weighted by atomic mass is 16.5. The van der Waals surface area contributed by atoms with E-state index in [4.69, 9.17) is 4.74 Å². The van der Waals surface area contributed by atoms with Gasteiger partial charge in [-0.3, -0.25) is 4.90 Å². The fraction of sp³-hybridized carbons (Fsp3) is 0.429. The van der Waals surface area contributed by atoms with Crippen LogP contribution in [0.5, 0.6) is 0 Å². The molecule has 1 heterocycles. The van der Waals surface area contributed by atoms with Crippen LogP contribution in [0.15, 0.2) is 54.6 Å². The van der Waals surface area contributed by atoms with Gasteiger partial charge in [0.2, 0.25) is 0 Å². The Labute approximate surface area is 144 Å². The Morgan fingerprint density at radius 3 is 2.71 bits per heavy atom. The van der Waals surface area contributed by atoms with Crippen molar-refractivity contribution in [1.29, 1.82) is 0 Å². The normalized spacial score (nSPS) is 18.9. The second kappa shape index (κ2) is 8.43. The number of benzene rings is 2. The third-order valence-corrected chi connectivity index (χ3v) is 4.59. The number of aryl methyl sites for hydroxylation is 1. The van der Waals surface area contributed by atoms with Crippen molar-refractivity contribution >= 4 is 0 Å². The lowest BCUT2D eigenvalue weighted by Gasteiger charge is -2.27. The quantitative estimate of drug-likeness (QED) is 0.842. The summed E-state index contributed by atoms with van der Waals surface area (Å²) in [6, 6.07) is 18.5. The van der Waals surface area contributed by atoms with Gasteiger partial charge >= 0.3 is 0 Å². The molecule has 3 rings (SSSR count). The number of aliphatic hydroxyl groups excluding tert-OH is 1. The molecular formula is C21H27NO2. The van der Waals surface area contributed by atoms with E-state index < -0.39 is 6.10 Å². The molecule has 2 aromatic carbocycles. The van der Waals surface area contributed by atoms with Gasteiger partial charge in [0.25, 0.3) is 0 Å². The molecule has 1 aliphatic heterocycles. The van der Waals surface area contributed by atoms with Crippen molar-refractivity contribution in [3.63, 3.8) is 0 Å². The molecule has 1 fully saturated rings. The standard InChI is InChI=1S/C21H27NO2/c1-17-7-5-8-18(13-17)14-22(15-20-11-6-12-24-20)16-21(23)19-9-3-2-4-10-19/h2-5,7-10,13,20-21,23H,6,11-12,14-16H2,1H3. The molecule has 24 heavy (non-hydrogen) atoms. The van der Waals surface area contributed by atoms with E-state index in [-0.39, 0.29) is 6.10 Å². The fourth-order valence-corrected chi connectivity index (χ4v) is 3.37. The van der Waals surface area contributed by atoms with E-state index in [0.29, 0.717) is 6.54 Å². The van der Waals surface area contributed by atoms with Gasteiger partial charge in [0.1, 0.15) is 0 Å². The minimum absolute atomic E-state index is 0.290. The first kappa shape index (κ1) is 17.2. The summed E-state index contributed by atoms with van der Waals surface area (Å²) in [7, 11) is 0. The lowest BCUT2D eigenvalue weighted by Crippen LogP contribution is -2.35. The third kappa shape index (κ3) is 4.91. The van der Waals surface area contributed by atoms with E-state index in [2.05, 4.69) is 36.1 Å². The summed E-state index contributed by atoms with van der Waals surface area (Å²) in [5.74, 6) is 0. The monoisotopic (exact) mass is 325 g/mol. The Balaban J connectivity index is 1.68. The van der Waals surface area contributed by atoms with Crippen molar-refractivity contribution < 1.29 is 9.84 Å². The number of rotatable bonds is 7. The molecule has 1 aliphatic rings. The molecule has 0 aliphatic carbocycles. The predicted molar refractivity (Wildman–Crippen MR) is 96.8 cm³/mol. The summed E-state index contributed by atoms with van der Waals surface area (Å²) < 4.78 is 5.81. The summed E-state index contributed by atoms with van der Waals surface area (Å²) in [5.41, 5.74) is 3.53.